The molecule has 1 atom stereocenters. The van der Waals surface area contributed by atoms with E-state index >= 15 is 0 Å². The molecule has 0 aromatic heterocycles. The van der Waals surface area contributed by atoms with Crippen molar-refractivity contribution in [3.8, 4) is 0 Å². The van der Waals surface area contributed by atoms with Gasteiger partial charge in [0.2, 0.25) is 0 Å². The first-order chi connectivity index (χ1) is 4.47. The SMILES string of the molecule is [CH]1C=CCN2NCCC12. The number of hydrogen-bond donors (Lipinski definition) is 1. The Kier molecular flexibility index (Phi) is 1.28. The van der Waals surface area contributed by atoms with Crippen LogP contribution in [0.5, 0.6) is 0 Å². The topological polar surface area (TPSA) is 15.3 Å². The fraction of sp³-hybridized carbons (Fsp3) is 0.571. The molecule has 2 aliphatic heterocycles. The molecule has 0 saturated carbocycles. The summed E-state index contributed by atoms with van der Waals surface area (Å²) in [7, 11) is 0. The van der Waals surface area contributed by atoms with Crippen molar-refractivity contribution in [2.75, 3.05) is 13.1 Å². The van der Waals surface area contributed by atoms with Gasteiger partial charge in [-0.25, -0.2) is 5.01 Å². The summed E-state index contributed by atoms with van der Waals surface area (Å²) in [6.45, 7) is 2.21. The molecule has 9 heavy (non-hydrogen) atoms. The van der Waals surface area contributed by atoms with E-state index in [1.54, 1.807) is 0 Å². The number of rotatable bonds is 0. The second-order valence-corrected chi connectivity index (χ2v) is 2.54. The van der Waals surface area contributed by atoms with E-state index in [-0.39, 0.29) is 0 Å². The first-order valence-electron chi connectivity index (χ1n) is 3.47. The van der Waals surface area contributed by atoms with Crippen LogP contribution in [0.15, 0.2) is 12.2 Å². The molecule has 2 aliphatic rings. The average molecular weight is 123 g/mol. The third kappa shape index (κ3) is 0.884. The third-order valence-electron chi connectivity index (χ3n) is 1.93. The van der Waals surface area contributed by atoms with E-state index < -0.39 is 0 Å². The van der Waals surface area contributed by atoms with E-state index in [1.807, 2.05) is 0 Å². The monoisotopic (exact) mass is 123 g/mol. The number of hydrogen-bond acceptors (Lipinski definition) is 2. The smallest absolute Gasteiger partial charge is 0.0328 e. The van der Waals surface area contributed by atoms with Crippen LogP contribution in [0.3, 0.4) is 0 Å². The van der Waals surface area contributed by atoms with Gasteiger partial charge in [-0.3, -0.25) is 5.43 Å². The molecule has 1 unspecified atom stereocenters. The van der Waals surface area contributed by atoms with Crippen LogP contribution in [0, 0.1) is 6.42 Å². The molecule has 0 aromatic carbocycles. The minimum absolute atomic E-state index is 0.676. The predicted octanol–water partition coefficient (Wildman–Crippen LogP) is 0.339. The fourth-order valence-electron chi connectivity index (χ4n) is 1.41. The van der Waals surface area contributed by atoms with Crippen LogP contribution in [-0.4, -0.2) is 24.1 Å². The fourth-order valence-corrected chi connectivity index (χ4v) is 1.41. The minimum atomic E-state index is 0.676. The molecule has 0 bridgehead atoms. The highest BCUT2D eigenvalue weighted by Gasteiger charge is 2.23. The van der Waals surface area contributed by atoms with Crippen molar-refractivity contribution in [1.82, 2.24) is 10.4 Å². The maximum atomic E-state index is 3.31. The summed E-state index contributed by atoms with van der Waals surface area (Å²) >= 11 is 0. The molecule has 0 spiro atoms. The van der Waals surface area contributed by atoms with Gasteiger partial charge >= 0.3 is 0 Å². The van der Waals surface area contributed by atoms with Crippen LogP contribution in [0.1, 0.15) is 6.42 Å². The first kappa shape index (κ1) is 5.45. The zero-order valence-corrected chi connectivity index (χ0v) is 5.38. The molecule has 49 valence electrons. The zero-order chi connectivity index (χ0) is 6.10. The molecule has 1 saturated heterocycles. The summed E-state index contributed by atoms with van der Waals surface area (Å²) in [4.78, 5) is 0. The Labute approximate surface area is 55.5 Å². The van der Waals surface area contributed by atoms with Crippen LogP contribution in [-0.2, 0) is 0 Å². The Morgan fingerprint density at radius 3 is 3.44 bits per heavy atom. The average Bonchev–Trinajstić information content (AvgIpc) is 2.33. The second kappa shape index (κ2) is 2.12. The highest BCUT2D eigenvalue weighted by molar-refractivity contribution is 5.09. The molecule has 2 heterocycles. The van der Waals surface area contributed by atoms with Gasteiger partial charge in [0.25, 0.3) is 0 Å². The number of nitrogens with zero attached hydrogens (tertiary/aromatic N) is 1. The number of hydrazine groups is 1. The van der Waals surface area contributed by atoms with E-state index in [2.05, 4.69) is 29.0 Å². The molecule has 1 fully saturated rings. The Bertz CT molecular complexity index is 117. The summed E-state index contributed by atoms with van der Waals surface area (Å²) < 4.78 is 0. The minimum Gasteiger partial charge on any atom is -0.255 e. The lowest BCUT2D eigenvalue weighted by molar-refractivity contribution is 0.227. The Morgan fingerprint density at radius 1 is 1.56 bits per heavy atom. The number of fused-ring (bicyclic) bond motifs is 1. The van der Waals surface area contributed by atoms with E-state index in [0.717, 1.165) is 13.1 Å². The molecule has 2 rings (SSSR count). The molecule has 2 heteroatoms. The van der Waals surface area contributed by atoms with Gasteiger partial charge < -0.3 is 0 Å². The van der Waals surface area contributed by atoms with E-state index in [9.17, 15) is 0 Å². The summed E-state index contributed by atoms with van der Waals surface area (Å²) in [6, 6.07) is 0.676. The van der Waals surface area contributed by atoms with Gasteiger partial charge in [-0.1, -0.05) is 12.2 Å². The lowest BCUT2D eigenvalue weighted by Crippen LogP contribution is -2.38. The van der Waals surface area contributed by atoms with Crippen molar-refractivity contribution in [2.45, 2.75) is 12.5 Å². The van der Waals surface area contributed by atoms with Crippen molar-refractivity contribution in [3.63, 3.8) is 0 Å². The van der Waals surface area contributed by atoms with E-state index in [1.165, 1.54) is 6.42 Å². The largest absolute Gasteiger partial charge is 0.255 e. The maximum Gasteiger partial charge on any atom is 0.0328 e. The van der Waals surface area contributed by atoms with Gasteiger partial charge in [0, 0.05) is 25.6 Å². The summed E-state index contributed by atoms with van der Waals surface area (Å²) in [5, 5.41) is 2.28. The molecule has 1 N–H and O–H groups in total. The lowest BCUT2D eigenvalue weighted by Gasteiger charge is -2.24. The molecule has 1 radical (unpaired) electrons. The molecule has 0 aliphatic carbocycles. The van der Waals surface area contributed by atoms with Gasteiger partial charge in [0.15, 0.2) is 0 Å². The van der Waals surface area contributed by atoms with Gasteiger partial charge in [-0.05, 0) is 6.42 Å². The normalized spacial score (nSPS) is 34.9. The second-order valence-electron chi connectivity index (χ2n) is 2.54. The van der Waals surface area contributed by atoms with Gasteiger partial charge in [0.05, 0.1) is 0 Å². The van der Waals surface area contributed by atoms with Crippen molar-refractivity contribution in [3.05, 3.63) is 18.6 Å². The van der Waals surface area contributed by atoms with E-state index in [4.69, 9.17) is 0 Å². The molecular formula is C7H11N2. The van der Waals surface area contributed by atoms with Crippen LogP contribution < -0.4 is 5.43 Å². The van der Waals surface area contributed by atoms with Gasteiger partial charge in [0.1, 0.15) is 0 Å². The highest BCUT2D eigenvalue weighted by Crippen LogP contribution is 2.15. The molecule has 2 nitrogen and oxygen atoms in total. The highest BCUT2D eigenvalue weighted by atomic mass is 15.5. The Hall–Kier alpha value is -0.340. The van der Waals surface area contributed by atoms with E-state index in [0.29, 0.717) is 6.04 Å². The quantitative estimate of drug-likeness (QED) is 0.499. The van der Waals surface area contributed by atoms with Crippen molar-refractivity contribution >= 4 is 0 Å². The molecule has 0 amide bonds. The van der Waals surface area contributed by atoms with Gasteiger partial charge in [-0.15, -0.1) is 0 Å². The van der Waals surface area contributed by atoms with Gasteiger partial charge in [-0.2, -0.15) is 0 Å². The molecular weight excluding hydrogens is 112 g/mol. The first-order valence-corrected chi connectivity index (χ1v) is 3.47. The van der Waals surface area contributed by atoms with Crippen molar-refractivity contribution in [1.29, 1.82) is 0 Å². The van der Waals surface area contributed by atoms with Crippen LogP contribution >= 0.6 is 0 Å². The molecule has 0 aromatic rings. The zero-order valence-electron chi connectivity index (χ0n) is 5.38. The third-order valence-corrected chi connectivity index (χ3v) is 1.93. The number of nitrogens with one attached hydrogen (secondary N) is 1. The lowest BCUT2D eigenvalue weighted by atomic mass is 10.1. The Morgan fingerprint density at radius 2 is 2.56 bits per heavy atom. The summed E-state index contributed by atoms with van der Waals surface area (Å²) in [6.07, 6.45) is 7.86. The van der Waals surface area contributed by atoms with Crippen molar-refractivity contribution in [2.24, 2.45) is 0 Å². The van der Waals surface area contributed by atoms with Crippen LogP contribution in [0.2, 0.25) is 0 Å². The summed E-state index contributed by atoms with van der Waals surface area (Å²) in [5.41, 5.74) is 3.31. The van der Waals surface area contributed by atoms with Crippen molar-refractivity contribution < 1.29 is 0 Å². The Balaban J connectivity index is 2.07. The summed E-state index contributed by atoms with van der Waals surface area (Å²) in [5.74, 6) is 0. The van der Waals surface area contributed by atoms with Crippen LogP contribution in [0.4, 0.5) is 0 Å². The van der Waals surface area contributed by atoms with Crippen LogP contribution in [0.25, 0.3) is 0 Å². The predicted molar refractivity (Wildman–Crippen MR) is 36.6 cm³/mol. The standard InChI is InChI=1S/C7H11N2/c1-2-6-9-7(3-1)4-5-8-9/h1-3,7-8H,4-6H2. The maximum absolute atomic E-state index is 3.31.